The quantitative estimate of drug-likeness (QED) is 0.574. The SMILES string of the molecule is Cc1c(C(=O)OC(C)C)sc(NC(=O)COc2ccc(Cl)cc2)c1C(=O)OC(C)C. The van der Waals surface area contributed by atoms with Crippen LogP contribution in [0, 0.1) is 6.92 Å². The Labute approximate surface area is 184 Å². The second-order valence-corrected chi connectivity index (χ2v) is 8.42. The molecule has 0 atom stereocenters. The summed E-state index contributed by atoms with van der Waals surface area (Å²) >= 11 is 6.79. The van der Waals surface area contributed by atoms with Crippen LogP contribution in [0.2, 0.25) is 5.02 Å². The predicted molar refractivity (Wildman–Crippen MR) is 116 cm³/mol. The first-order valence-corrected chi connectivity index (χ1v) is 10.5. The predicted octanol–water partition coefficient (Wildman–Crippen LogP) is 4.86. The third-order valence-electron chi connectivity index (χ3n) is 3.66. The lowest BCUT2D eigenvalue weighted by molar-refractivity contribution is -0.118. The zero-order valence-corrected chi connectivity index (χ0v) is 19.0. The highest BCUT2D eigenvalue weighted by Gasteiger charge is 2.28. The van der Waals surface area contributed by atoms with Crippen molar-refractivity contribution in [2.75, 3.05) is 11.9 Å². The molecule has 0 saturated carbocycles. The number of hydrogen-bond acceptors (Lipinski definition) is 7. The van der Waals surface area contributed by atoms with E-state index in [2.05, 4.69) is 5.32 Å². The molecule has 0 aliphatic heterocycles. The van der Waals surface area contributed by atoms with E-state index in [0.29, 0.717) is 16.3 Å². The fourth-order valence-corrected chi connectivity index (χ4v) is 3.65. The first-order chi connectivity index (χ1) is 14.1. The van der Waals surface area contributed by atoms with Crippen LogP contribution in [0.3, 0.4) is 0 Å². The van der Waals surface area contributed by atoms with E-state index in [-0.39, 0.29) is 34.3 Å². The molecular weight excluding hydrogens is 430 g/mol. The number of amides is 1. The lowest BCUT2D eigenvalue weighted by Gasteiger charge is -2.11. The number of halogens is 1. The van der Waals surface area contributed by atoms with Gasteiger partial charge in [0.2, 0.25) is 0 Å². The normalized spacial score (nSPS) is 10.8. The molecule has 2 rings (SSSR count). The van der Waals surface area contributed by atoms with E-state index < -0.39 is 17.8 Å². The molecular formula is C21H24ClNO6S. The second-order valence-electron chi connectivity index (χ2n) is 6.96. The third kappa shape index (κ3) is 6.47. The lowest BCUT2D eigenvalue weighted by Crippen LogP contribution is -2.21. The Hall–Kier alpha value is -2.58. The summed E-state index contributed by atoms with van der Waals surface area (Å²) in [6, 6.07) is 6.56. The van der Waals surface area contributed by atoms with Crippen LogP contribution >= 0.6 is 22.9 Å². The average Bonchev–Trinajstić information content (AvgIpc) is 2.96. The molecule has 0 fully saturated rings. The van der Waals surface area contributed by atoms with Gasteiger partial charge in [0.15, 0.2) is 6.61 Å². The fraction of sp³-hybridized carbons (Fsp3) is 0.381. The van der Waals surface area contributed by atoms with Gasteiger partial charge in [0.1, 0.15) is 15.6 Å². The van der Waals surface area contributed by atoms with Crippen molar-refractivity contribution in [3.05, 3.63) is 45.3 Å². The maximum absolute atomic E-state index is 12.6. The van der Waals surface area contributed by atoms with Crippen molar-refractivity contribution in [2.24, 2.45) is 0 Å². The van der Waals surface area contributed by atoms with Gasteiger partial charge in [0, 0.05) is 5.02 Å². The average molecular weight is 454 g/mol. The molecule has 0 radical (unpaired) electrons. The van der Waals surface area contributed by atoms with Crippen molar-refractivity contribution < 1.29 is 28.6 Å². The summed E-state index contributed by atoms with van der Waals surface area (Å²) < 4.78 is 15.9. The first-order valence-electron chi connectivity index (χ1n) is 9.32. The molecule has 0 saturated heterocycles. The Bertz CT molecular complexity index is 920. The van der Waals surface area contributed by atoms with Crippen molar-refractivity contribution in [3.8, 4) is 5.75 Å². The molecule has 0 aliphatic rings. The van der Waals surface area contributed by atoms with Crippen LogP contribution in [0.1, 0.15) is 53.3 Å². The Morgan fingerprint density at radius 3 is 2.13 bits per heavy atom. The van der Waals surface area contributed by atoms with Gasteiger partial charge in [0.25, 0.3) is 5.91 Å². The van der Waals surface area contributed by atoms with Crippen LogP contribution in [-0.2, 0) is 14.3 Å². The number of benzene rings is 1. The van der Waals surface area contributed by atoms with Gasteiger partial charge in [-0.25, -0.2) is 9.59 Å². The highest BCUT2D eigenvalue weighted by molar-refractivity contribution is 7.18. The number of rotatable bonds is 8. The maximum atomic E-state index is 12.6. The van der Waals surface area contributed by atoms with Crippen molar-refractivity contribution in [1.82, 2.24) is 0 Å². The fourth-order valence-electron chi connectivity index (χ4n) is 2.43. The van der Waals surface area contributed by atoms with E-state index >= 15 is 0 Å². The Morgan fingerprint density at radius 2 is 1.57 bits per heavy atom. The molecule has 0 spiro atoms. The highest BCUT2D eigenvalue weighted by Crippen LogP contribution is 2.34. The zero-order valence-electron chi connectivity index (χ0n) is 17.4. The minimum Gasteiger partial charge on any atom is -0.484 e. The molecule has 1 N–H and O–H groups in total. The largest absolute Gasteiger partial charge is 0.484 e. The number of thiophene rings is 1. The zero-order chi connectivity index (χ0) is 22.4. The molecule has 0 unspecified atom stereocenters. The van der Waals surface area contributed by atoms with Gasteiger partial charge in [-0.1, -0.05) is 11.6 Å². The molecule has 0 aliphatic carbocycles. The van der Waals surface area contributed by atoms with Crippen LogP contribution in [0.5, 0.6) is 5.75 Å². The van der Waals surface area contributed by atoms with Crippen LogP contribution in [-0.4, -0.2) is 36.7 Å². The number of ether oxygens (including phenoxy) is 3. The van der Waals surface area contributed by atoms with Gasteiger partial charge in [-0.15, -0.1) is 11.3 Å². The van der Waals surface area contributed by atoms with Gasteiger partial charge >= 0.3 is 11.9 Å². The van der Waals surface area contributed by atoms with E-state index in [1.54, 1.807) is 58.9 Å². The van der Waals surface area contributed by atoms with Crippen LogP contribution < -0.4 is 10.1 Å². The molecule has 1 heterocycles. The standard InChI is InChI=1S/C21H24ClNO6S/c1-11(2)28-20(25)17-13(5)18(21(26)29-12(3)4)30-19(17)23-16(24)10-27-15-8-6-14(22)7-9-15/h6-9,11-12H,10H2,1-5H3,(H,23,24). The molecule has 1 aromatic carbocycles. The van der Waals surface area contributed by atoms with E-state index in [0.717, 1.165) is 11.3 Å². The Balaban J connectivity index is 2.22. The first kappa shape index (κ1) is 23.7. The molecule has 1 amide bonds. The van der Waals surface area contributed by atoms with E-state index in [1.807, 2.05) is 0 Å². The molecule has 1 aromatic heterocycles. The minimum atomic E-state index is -0.628. The number of esters is 2. The third-order valence-corrected chi connectivity index (χ3v) is 5.10. The lowest BCUT2D eigenvalue weighted by atomic mass is 10.1. The summed E-state index contributed by atoms with van der Waals surface area (Å²) in [6.07, 6.45) is -0.685. The molecule has 9 heteroatoms. The van der Waals surface area contributed by atoms with Crippen LogP contribution in [0.15, 0.2) is 24.3 Å². The number of carbonyl (C=O) groups excluding carboxylic acids is 3. The second kappa shape index (κ2) is 10.4. The van der Waals surface area contributed by atoms with Gasteiger partial charge < -0.3 is 19.5 Å². The van der Waals surface area contributed by atoms with Gasteiger partial charge in [-0.2, -0.15) is 0 Å². The minimum absolute atomic E-state index is 0.129. The molecule has 2 aromatic rings. The monoisotopic (exact) mass is 453 g/mol. The van der Waals surface area contributed by atoms with Gasteiger partial charge in [0.05, 0.1) is 17.8 Å². The van der Waals surface area contributed by atoms with E-state index in [4.69, 9.17) is 25.8 Å². The van der Waals surface area contributed by atoms with Gasteiger partial charge in [-0.3, -0.25) is 4.79 Å². The Morgan fingerprint density at radius 1 is 1.00 bits per heavy atom. The number of carbonyl (C=O) groups is 3. The van der Waals surface area contributed by atoms with Crippen molar-refractivity contribution in [1.29, 1.82) is 0 Å². The van der Waals surface area contributed by atoms with Crippen LogP contribution in [0.25, 0.3) is 0 Å². The topological polar surface area (TPSA) is 90.9 Å². The van der Waals surface area contributed by atoms with Crippen molar-refractivity contribution in [3.63, 3.8) is 0 Å². The molecule has 0 bridgehead atoms. The summed E-state index contributed by atoms with van der Waals surface area (Å²) in [4.78, 5) is 37.6. The number of anilines is 1. The molecule has 162 valence electrons. The van der Waals surface area contributed by atoms with Gasteiger partial charge in [-0.05, 0) is 64.4 Å². The summed E-state index contributed by atoms with van der Waals surface area (Å²) in [6.45, 7) is 8.21. The summed E-state index contributed by atoms with van der Waals surface area (Å²) in [7, 11) is 0. The number of hydrogen-bond donors (Lipinski definition) is 1. The number of nitrogens with one attached hydrogen (secondary N) is 1. The smallest absolute Gasteiger partial charge is 0.348 e. The Kier molecular flexibility index (Phi) is 8.25. The van der Waals surface area contributed by atoms with Crippen molar-refractivity contribution >= 4 is 45.8 Å². The van der Waals surface area contributed by atoms with Crippen molar-refractivity contribution in [2.45, 2.75) is 46.8 Å². The van der Waals surface area contributed by atoms with Crippen LogP contribution in [0.4, 0.5) is 5.00 Å². The highest BCUT2D eigenvalue weighted by atomic mass is 35.5. The summed E-state index contributed by atoms with van der Waals surface area (Å²) in [5.74, 6) is -1.22. The maximum Gasteiger partial charge on any atom is 0.348 e. The van der Waals surface area contributed by atoms with E-state index in [1.165, 1.54) is 0 Å². The molecule has 7 nitrogen and oxygen atoms in total. The van der Waals surface area contributed by atoms with E-state index in [9.17, 15) is 14.4 Å². The summed E-state index contributed by atoms with van der Waals surface area (Å²) in [5, 5.41) is 3.39. The molecule has 30 heavy (non-hydrogen) atoms. The summed E-state index contributed by atoms with van der Waals surface area (Å²) in [5.41, 5.74) is 0.523.